The van der Waals surface area contributed by atoms with E-state index in [1.54, 1.807) is 0 Å². The highest BCUT2D eigenvalue weighted by Crippen LogP contribution is 2.25. The van der Waals surface area contributed by atoms with E-state index in [4.69, 9.17) is 0 Å². The summed E-state index contributed by atoms with van der Waals surface area (Å²) in [7, 11) is 0. The molecule has 1 atom stereocenters. The largest absolute Gasteiger partial charge is 0.316 e. The quantitative estimate of drug-likeness (QED) is 0.807. The van der Waals surface area contributed by atoms with Crippen molar-refractivity contribution in [2.24, 2.45) is 0 Å². The monoisotopic (exact) mass is 208 g/mol. The van der Waals surface area contributed by atoms with Crippen LogP contribution in [0.3, 0.4) is 0 Å². The molecule has 14 heavy (non-hydrogen) atoms. The third-order valence-electron chi connectivity index (χ3n) is 2.42. The highest BCUT2D eigenvalue weighted by molar-refractivity contribution is 7.99. The molecule has 3 heteroatoms. The van der Waals surface area contributed by atoms with Gasteiger partial charge in [0.05, 0.1) is 5.03 Å². The summed E-state index contributed by atoms with van der Waals surface area (Å²) in [4.78, 5) is 4.41. The fraction of sp³-hybridized carbons (Fsp3) is 0.545. The van der Waals surface area contributed by atoms with Gasteiger partial charge in [0.1, 0.15) is 0 Å². The number of nitrogens with one attached hydrogen (secondary N) is 1. The van der Waals surface area contributed by atoms with Crippen molar-refractivity contribution in [2.45, 2.75) is 30.0 Å². The average molecular weight is 208 g/mol. The molecule has 0 bridgehead atoms. The Morgan fingerprint density at radius 2 is 2.43 bits per heavy atom. The predicted molar refractivity (Wildman–Crippen MR) is 60.7 cm³/mol. The summed E-state index contributed by atoms with van der Waals surface area (Å²) in [5.74, 6) is 0. The normalized spacial score (nSPS) is 22.2. The highest BCUT2D eigenvalue weighted by atomic mass is 32.2. The van der Waals surface area contributed by atoms with Gasteiger partial charge in [-0.15, -0.1) is 11.8 Å². The molecule has 0 unspecified atom stereocenters. The van der Waals surface area contributed by atoms with Crippen molar-refractivity contribution in [3.63, 3.8) is 0 Å². The number of nitrogens with zero attached hydrogens (tertiary/aromatic N) is 1. The van der Waals surface area contributed by atoms with Gasteiger partial charge in [0.15, 0.2) is 0 Å². The zero-order valence-electron chi connectivity index (χ0n) is 8.49. The summed E-state index contributed by atoms with van der Waals surface area (Å²) in [5, 5.41) is 5.28. The van der Waals surface area contributed by atoms with Crippen LogP contribution in [-0.4, -0.2) is 23.3 Å². The second kappa shape index (κ2) is 4.80. The fourth-order valence-electron chi connectivity index (χ4n) is 1.62. The first-order valence-electron chi connectivity index (χ1n) is 5.14. The molecule has 1 aromatic heterocycles. The van der Waals surface area contributed by atoms with E-state index < -0.39 is 0 Å². The van der Waals surface area contributed by atoms with Crippen molar-refractivity contribution in [2.75, 3.05) is 13.1 Å². The van der Waals surface area contributed by atoms with Gasteiger partial charge >= 0.3 is 0 Å². The zero-order valence-corrected chi connectivity index (χ0v) is 9.31. The van der Waals surface area contributed by atoms with Crippen LogP contribution in [0.1, 0.15) is 18.4 Å². The summed E-state index contributed by atoms with van der Waals surface area (Å²) in [5.41, 5.74) is 1.23. The molecule has 2 heterocycles. The van der Waals surface area contributed by atoms with E-state index in [1.807, 2.05) is 18.0 Å². The lowest BCUT2D eigenvalue weighted by atomic mass is 10.2. The van der Waals surface area contributed by atoms with Crippen molar-refractivity contribution >= 4 is 11.8 Å². The molecule has 1 N–H and O–H groups in total. The zero-order chi connectivity index (χ0) is 9.80. The maximum Gasteiger partial charge on any atom is 0.0963 e. The van der Waals surface area contributed by atoms with Gasteiger partial charge in [-0.2, -0.15) is 0 Å². The first kappa shape index (κ1) is 9.99. The van der Waals surface area contributed by atoms with Crippen LogP contribution in [0.25, 0.3) is 0 Å². The Kier molecular flexibility index (Phi) is 3.43. The Morgan fingerprint density at radius 3 is 3.07 bits per heavy atom. The molecular weight excluding hydrogens is 192 g/mol. The van der Waals surface area contributed by atoms with Gasteiger partial charge in [0, 0.05) is 18.0 Å². The number of aryl methyl sites for hydroxylation is 1. The Labute approximate surface area is 89.5 Å². The third kappa shape index (κ3) is 2.72. The number of aromatic nitrogens is 1. The number of hydrogen-bond acceptors (Lipinski definition) is 3. The predicted octanol–water partition coefficient (Wildman–Crippen LogP) is 2.23. The van der Waals surface area contributed by atoms with Crippen molar-refractivity contribution in [1.29, 1.82) is 0 Å². The maximum absolute atomic E-state index is 4.41. The van der Waals surface area contributed by atoms with E-state index >= 15 is 0 Å². The van der Waals surface area contributed by atoms with Crippen molar-refractivity contribution in [3.8, 4) is 0 Å². The number of pyridine rings is 1. The molecule has 0 spiro atoms. The molecule has 2 nitrogen and oxygen atoms in total. The van der Waals surface area contributed by atoms with Crippen LogP contribution < -0.4 is 5.32 Å². The fourth-order valence-corrected chi connectivity index (χ4v) is 2.70. The molecule has 76 valence electrons. The number of hydrogen-bond donors (Lipinski definition) is 1. The van der Waals surface area contributed by atoms with Gasteiger partial charge < -0.3 is 5.32 Å². The lowest BCUT2D eigenvalue weighted by Crippen LogP contribution is -2.31. The molecule has 0 radical (unpaired) electrons. The van der Waals surface area contributed by atoms with Crippen LogP contribution in [0, 0.1) is 6.92 Å². The van der Waals surface area contributed by atoms with E-state index in [0.717, 1.165) is 11.6 Å². The summed E-state index contributed by atoms with van der Waals surface area (Å²) in [6, 6.07) is 4.25. The molecule has 0 saturated carbocycles. The van der Waals surface area contributed by atoms with Crippen LogP contribution in [-0.2, 0) is 0 Å². The van der Waals surface area contributed by atoms with E-state index in [-0.39, 0.29) is 0 Å². The molecular formula is C11H16N2S. The maximum atomic E-state index is 4.41. The van der Waals surface area contributed by atoms with Gasteiger partial charge in [-0.3, -0.25) is 0 Å². The van der Waals surface area contributed by atoms with E-state index in [2.05, 4.69) is 29.4 Å². The van der Waals surface area contributed by atoms with Crippen LogP contribution in [0.2, 0.25) is 0 Å². The minimum Gasteiger partial charge on any atom is -0.316 e. The van der Waals surface area contributed by atoms with E-state index in [1.165, 1.54) is 24.9 Å². The topological polar surface area (TPSA) is 24.9 Å². The molecule has 1 aliphatic rings. The van der Waals surface area contributed by atoms with Crippen LogP contribution in [0.5, 0.6) is 0 Å². The van der Waals surface area contributed by atoms with Gasteiger partial charge in [0.25, 0.3) is 0 Å². The van der Waals surface area contributed by atoms with Gasteiger partial charge in [0.2, 0.25) is 0 Å². The van der Waals surface area contributed by atoms with Gasteiger partial charge in [-0.05, 0) is 37.9 Å². The van der Waals surface area contributed by atoms with Crippen molar-refractivity contribution < 1.29 is 0 Å². The lowest BCUT2D eigenvalue weighted by Gasteiger charge is -2.21. The minimum atomic E-state index is 0.707. The molecule has 1 aromatic rings. The summed E-state index contributed by atoms with van der Waals surface area (Å²) < 4.78 is 0. The molecule has 0 aromatic carbocycles. The Bertz CT molecular complexity index is 278. The molecule has 0 amide bonds. The summed E-state index contributed by atoms with van der Waals surface area (Å²) >= 11 is 1.90. The first-order valence-corrected chi connectivity index (χ1v) is 6.02. The molecule has 1 aliphatic heterocycles. The molecule has 1 saturated heterocycles. The molecule has 2 rings (SSSR count). The SMILES string of the molecule is Cc1ccc(S[C@H]2CCCNC2)nc1. The highest BCUT2D eigenvalue weighted by Gasteiger charge is 2.14. The van der Waals surface area contributed by atoms with Crippen LogP contribution >= 0.6 is 11.8 Å². The Balaban J connectivity index is 1.92. The van der Waals surface area contributed by atoms with Gasteiger partial charge in [-0.25, -0.2) is 4.98 Å². The van der Waals surface area contributed by atoms with Crippen molar-refractivity contribution in [1.82, 2.24) is 10.3 Å². The van der Waals surface area contributed by atoms with Gasteiger partial charge in [-0.1, -0.05) is 6.07 Å². The summed E-state index contributed by atoms with van der Waals surface area (Å²) in [6.07, 6.45) is 4.55. The molecule has 1 fully saturated rings. The Morgan fingerprint density at radius 1 is 1.50 bits per heavy atom. The molecule has 0 aliphatic carbocycles. The second-order valence-electron chi connectivity index (χ2n) is 3.76. The average Bonchev–Trinajstić information content (AvgIpc) is 2.23. The number of thioether (sulfide) groups is 1. The van der Waals surface area contributed by atoms with Crippen LogP contribution in [0.4, 0.5) is 0 Å². The van der Waals surface area contributed by atoms with Crippen molar-refractivity contribution in [3.05, 3.63) is 23.9 Å². The smallest absolute Gasteiger partial charge is 0.0963 e. The lowest BCUT2D eigenvalue weighted by molar-refractivity contribution is 0.531. The first-order chi connectivity index (χ1) is 6.84. The second-order valence-corrected chi connectivity index (χ2v) is 5.08. The number of rotatable bonds is 2. The third-order valence-corrected chi connectivity index (χ3v) is 3.64. The standard InChI is InChI=1S/C11H16N2S/c1-9-4-5-11(13-7-9)14-10-3-2-6-12-8-10/h4-5,7,10,12H,2-3,6,8H2,1H3/t10-/m0/s1. The van der Waals surface area contributed by atoms with Crippen LogP contribution in [0.15, 0.2) is 23.4 Å². The van der Waals surface area contributed by atoms with E-state index in [9.17, 15) is 0 Å². The Hall–Kier alpha value is -0.540. The van der Waals surface area contributed by atoms with E-state index in [0.29, 0.717) is 5.25 Å². The number of piperidine rings is 1. The summed E-state index contributed by atoms with van der Waals surface area (Å²) in [6.45, 7) is 4.38. The minimum absolute atomic E-state index is 0.707.